The van der Waals surface area contributed by atoms with Gasteiger partial charge in [-0.25, -0.2) is 5.01 Å². The molecule has 0 atom stereocenters. The Morgan fingerprint density at radius 3 is 2.54 bits per heavy atom. The molecule has 205 valence electrons. The number of piperidine rings is 1. The standard InChI is InChI=1S/C32H33BN7O/c1-23(41)34-26-14-11-25(12-15-26)32-28-16-18-30(37-20-6-3-7-21-37)39(28)33-40-29(32)17-19-31(40)38-22-27(35-36-38)13-10-24-8-4-2-5-9-24/h2,4-5,8-9,11-12,14-19,22,35-36H,3,6-7,10,13,20-21H2,1H3/p+1. The van der Waals surface area contributed by atoms with Crippen molar-refractivity contribution in [3.05, 3.63) is 113 Å². The van der Waals surface area contributed by atoms with Crippen molar-refractivity contribution in [3.8, 4) is 0 Å². The number of nitrogens with zero attached hydrogens (tertiary/aromatic N) is 4. The van der Waals surface area contributed by atoms with E-state index < -0.39 is 0 Å². The second-order valence-corrected chi connectivity index (χ2v) is 10.9. The number of benzene rings is 2. The van der Waals surface area contributed by atoms with E-state index in [2.05, 4.69) is 116 Å². The average molecular weight is 543 g/mol. The van der Waals surface area contributed by atoms with Crippen LogP contribution in [0.1, 0.15) is 49.4 Å². The quantitative estimate of drug-likeness (QED) is 0.318. The molecule has 8 nitrogen and oxygen atoms in total. The summed E-state index contributed by atoms with van der Waals surface area (Å²) in [5.74, 6) is 2.18. The number of amidine groups is 1. The van der Waals surface area contributed by atoms with Crippen LogP contribution in [0.4, 0.5) is 11.5 Å². The SMILES string of the molecule is CC(=O)Nc1ccc(C2=C3C=CC(=[N+]4CCCCC4)N3[B]n3c2ccc3N2C=C(CCc3ccccc3)NN2)cc1. The van der Waals surface area contributed by atoms with Crippen molar-refractivity contribution in [2.45, 2.75) is 39.0 Å². The Morgan fingerprint density at radius 1 is 0.951 bits per heavy atom. The molecule has 41 heavy (non-hydrogen) atoms. The number of aryl methyl sites for hydroxylation is 1. The number of hydrogen-bond donors (Lipinski definition) is 3. The molecule has 0 bridgehead atoms. The lowest BCUT2D eigenvalue weighted by Gasteiger charge is -2.28. The molecule has 1 amide bonds. The van der Waals surface area contributed by atoms with Crippen LogP contribution in [0.2, 0.25) is 0 Å². The van der Waals surface area contributed by atoms with Crippen LogP contribution in [0.3, 0.4) is 0 Å². The number of carbonyl (C=O) groups excluding carboxylic acids is 1. The number of rotatable bonds is 6. The highest BCUT2D eigenvalue weighted by atomic mass is 16.1. The molecule has 1 fully saturated rings. The van der Waals surface area contributed by atoms with Crippen LogP contribution in [0.15, 0.2) is 96.5 Å². The lowest BCUT2D eigenvalue weighted by Crippen LogP contribution is -2.45. The summed E-state index contributed by atoms with van der Waals surface area (Å²) in [6.07, 6.45) is 12.3. The monoisotopic (exact) mass is 543 g/mol. The molecule has 0 spiro atoms. The minimum absolute atomic E-state index is 0.0702. The molecular weight excluding hydrogens is 509 g/mol. The van der Waals surface area contributed by atoms with Crippen molar-refractivity contribution >= 4 is 36.4 Å². The van der Waals surface area contributed by atoms with Crippen molar-refractivity contribution in [2.75, 3.05) is 23.4 Å². The summed E-state index contributed by atoms with van der Waals surface area (Å²) in [5.41, 5.74) is 14.6. The Labute approximate surface area is 241 Å². The summed E-state index contributed by atoms with van der Waals surface area (Å²) in [4.78, 5) is 13.9. The first-order valence-electron chi connectivity index (χ1n) is 14.5. The van der Waals surface area contributed by atoms with Gasteiger partial charge >= 0.3 is 7.55 Å². The maximum Gasteiger partial charge on any atom is 0.553 e. The Kier molecular flexibility index (Phi) is 6.72. The molecule has 3 aromatic rings. The number of hydrogen-bond acceptors (Lipinski definition) is 4. The molecule has 5 heterocycles. The smallest absolute Gasteiger partial charge is 0.329 e. The van der Waals surface area contributed by atoms with Crippen molar-refractivity contribution in [1.29, 1.82) is 0 Å². The molecule has 1 saturated heterocycles. The molecule has 0 unspecified atom stereocenters. The van der Waals surface area contributed by atoms with E-state index >= 15 is 0 Å². The Balaban J connectivity index is 1.24. The highest BCUT2D eigenvalue weighted by Crippen LogP contribution is 2.39. The number of amides is 1. The van der Waals surface area contributed by atoms with Gasteiger partial charge in [-0.1, -0.05) is 42.5 Å². The number of aromatic nitrogens is 1. The molecule has 2 aromatic carbocycles. The Hall–Kier alpha value is -4.50. The summed E-state index contributed by atoms with van der Waals surface area (Å²) in [7, 11) is 2.22. The number of fused-ring (bicyclic) bond motifs is 2. The van der Waals surface area contributed by atoms with Crippen LogP contribution in [-0.4, -0.2) is 46.2 Å². The third kappa shape index (κ3) is 4.98. The third-order valence-electron chi connectivity index (χ3n) is 8.10. The predicted molar refractivity (Wildman–Crippen MR) is 164 cm³/mol. The van der Waals surface area contributed by atoms with Gasteiger partial charge in [-0.15, -0.1) is 5.53 Å². The van der Waals surface area contributed by atoms with E-state index in [9.17, 15) is 4.79 Å². The van der Waals surface area contributed by atoms with Crippen molar-refractivity contribution in [2.24, 2.45) is 0 Å². The minimum atomic E-state index is -0.0702. The summed E-state index contributed by atoms with van der Waals surface area (Å²) >= 11 is 0. The average Bonchev–Trinajstić information content (AvgIpc) is 3.75. The number of hydrazine groups is 2. The molecule has 9 heteroatoms. The van der Waals surface area contributed by atoms with Crippen LogP contribution in [0.25, 0.3) is 5.57 Å². The summed E-state index contributed by atoms with van der Waals surface area (Å²) in [6, 6.07) is 23.1. The van der Waals surface area contributed by atoms with Gasteiger partial charge in [0.15, 0.2) is 0 Å². The fraction of sp³-hybridized carbons (Fsp3) is 0.250. The number of carbonyl (C=O) groups is 1. The van der Waals surface area contributed by atoms with Gasteiger partial charge in [-0.3, -0.25) is 14.2 Å². The fourth-order valence-corrected chi connectivity index (χ4v) is 6.09. The molecule has 0 aliphatic carbocycles. The molecule has 3 N–H and O–H groups in total. The Morgan fingerprint density at radius 2 is 1.76 bits per heavy atom. The normalized spacial score (nSPS) is 17.7. The van der Waals surface area contributed by atoms with Gasteiger partial charge in [-0.05, 0) is 73.6 Å². The van der Waals surface area contributed by atoms with E-state index in [0.29, 0.717) is 0 Å². The number of anilines is 2. The maximum atomic E-state index is 11.6. The molecule has 1 radical (unpaired) electrons. The van der Waals surface area contributed by atoms with Crippen molar-refractivity contribution in [1.82, 2.24) is 20.2 Å². The number of allylic oxidation sites excluding steroid dienone is 2. The van der Waals surface area contributed by atoms with E-state index in [1.165, 1.54) is 43.3 Å². The van der Waals surface area contributed by atoms with Crippen molar-refractivity contribution in [3.63, 3.8) is 0 Å². The Bertz CT molecular complexity index is 1590. The van der Waals surface area contributed by atoms with E-state index in [1.807, 2.05) is 12.1 Å². The topological polar surface area (TPSA) is 67.6 Å². The second-order valence-electron chi connectivity index (χ2n) is 10.9. The van der Waals surface area contributed by atoms with Gasteiger partial charge in [0.1, 0.15) is 11.5 Å². The maximum absolute atomic E-state index is 11.6. The second kappa shape index (κ2) is 10.8. The first-order chi connectivity index (χ1) is 20.1. The summed E-state index contributed by atoms with van der Waals surface area (Å²) in [6.45, 7) is 3.69. The van der Waals surface area contributed by atoms with Crippen LogP contribution in [-0.2, 0) is 11.2 Å². The highest BCUT2D eigenvalue weighted by molar-refractivity contribution is 6.41. The van der Waals surface area contributed by atoms with Crippen LogP contribution >= 0.6 is 0 Å². The summed E-state index contributed by atoms with van der Waals surface area (Å²) < 4.78 is 4.77. The van der Waals surface area contributed by atoms with Gasteiger partial charge in [0.2, 0.25) is 5.91 Å². The molecule has 7 rings (SSSR count). The van der Waals surface area contributed by atoms with Crippen LogP contribution < -0.4 is 21.3 Å². The van der Waals surface area contributed by atoms with Crippen LogP contribution in [0.5, 0.6) is 0 Å². The van der Waals surface area contributed by atoms with Gasteiger partial charge in [-0.2, -0.15) is 0 Å². The van der Waals surface area contributed by atoms with Crippen LogP contribution in [0, 0.1) is 0 Å². The van der Waals surface area contributed by atoms with Gasteiger partial charge in [0, 0.05) is 41.9 Å². The lowest BCUT2D eigenvalue weighted by molar-refractivity contribution is -0.539. The molecule has 4 aliphatic heterocycles. The molecule has 0 saturated carbocycles. The predicted octanol–water partition coefficient (Wildman–Crippen LogP) is 4.37. The van der Waals surface area contributed by atoms with Gasteiger partial charge in [0.05, 0.1) is 13.1 Å². The molecular formula is C32H34BN7O+. The zero-order valence-corrected chi connectivity index (χ0v) is 23.3. The summed E-state index contributed by atoms with van der Waals surface area (Å²) in [5, 5.41) is 4.95. The van der Waals surface area contributed by atoms with E-state index in [0.717, 1.165) is 60.0 Å². The van der Waals surface area contributed by atoms with E-state index in [-0.39, 0.29) is 5.91 Å². The van der Waals surface area contributed by atoms with E-state index in [1.54, 1.807) is 0 Å². The molecule has 4 aliphatic rings. The first kappa shape index (κ1) is 25.5. The first-order valence-corrected chi connectivity index (χ1v) is 14.5. The van der Waals surface area contributed by atoms with Crippen molar-refractivity contribution < 1.29 is 9.37 Å². The van der Waals surface area contributed by atoms with Gasteiger partial charge in [0.25, 0.3) is 5.84 Å². The number of nitrogens with one attached hydrogen (secondary N) is 3. The zero-order chi connectivity index (χ0) is 27.8. The van der Waals surface area contributed by atoms with Gasteiger partial charge < -0.3 is 15.2 Å². The highest BCUT2D eigenvalue weighted by Gasteiger charge is 2.41. The minimum Gasteiger partial charge on any atom is -0.329 e. The van der Waals surface area contributed by atoms with E-state index in [4.69, 9.17) is 0 Å². The largest absolute Gasteiger partial charge is 0.553 e. The zero-order valence-electron chi connectivity index (χ0n) is 23.3. The fourth-order valence-electron chi connectivity index (χ4n) is 6.09. The molecule has 1 aromatic heterocycles. The lowest BCUT2D eigenvalue weighted by atomic mass is 9.91. The third-order valence-corrected chi connectivity index (χ3v) is 8.10.